The first kappa shape index (κ1) is 14.8. The molecule has 0 amide bonds. The van der Waals surface area contributed by atoms with E-state index in [1.807, 2.05) is 24.3 Å². The fourth-order valence-electron chi connectivity index (χ4n) is 1.58. The van der Waals surface area contributed by atoms with Gasteiger partial charge in [-0.25, -0.2) is 4.79 Å². The number of carboxylic acid groups (broad SMARTS) is 1. The van der Waals surface area contributed by atoms with E-state index in [0.717, 1.165) is 4.47 Å². The minimum atomic E-state index is -1.24. The van der Waals surface area contributed by atoms with Crippen molar-refractivity contribution in [1.82, 2.24) is 0 Å². The highest BCUT2D eigenvalue weighted by atomic mass is 79.9. The third kappa shape index (κ3) is 4.20. The lowest BCUT2D eigenvalue weighted by Crippen LogP contribution is -1.97. The van der Waals surface area contributed by atoms with Crippen molar-refractivity contribution >= 4 is 28.0 Å². The Bertz CT molecular complexity index is 713. The number of aliphatic carboxylic acids is 1. The first-order valence-corrected chi connectivity index (χ1v) is 6.76. The van der Waals surface area contributed by atoms with Crippen molar-refractivity contribution in [2.75, 3.05) is 0 Å². The highest BCUT2D eigenvalue weighted by Gasteiger charge is 2.05. The Morgan fingerprint density at radius 3 is 2.10 bits per heavy atom. The molecule has 0 bridgehead atoms. The zero-order valence-electron chi connectivity index (χ0n) is 10.8. The lowest BCUT2D eigenvalue weighted by molar-refractivity contribution is -0.132. The first-order chi connectivity index (χ1) is 10.1. The van der Waals surface area contributed by atoms with E-state index in [4.69, 9.17) is 15.1 Å². The van der Waals surface area contributed by atoms with Crippen LogP contribution >= 0.6 is 15.9 Å². The summed E-state index contributed by atoms with van der Waals surface area (Å²) in [6.45, 7) is 0. The van der Waals surface area contributed by atoms with E-state index < -0.39 is 5.97 Å². The van der Waals surface area contributed by atoms with Gasteiger partial charge in [-0.05, 0) is 48.0 Å². The van der Waals surface area contributed by atoms with E-state index in [0.29, 0.717) is 17.1 Å². The van der Waals surface area contributed by atoms with Gasteiger partial charge in [0.25, 0.3) is 0 Å². The summed E-state index contributed by atoms with van der Waals surface area (Å²) in [4.78, 5) is 10.8. The summed E-state index contributed by atoms with van der Waals surface area (Å²) < 4.78 is 6.61. The summed E-state index contributed by atoms with van der Waals surface area (Å²) >= 11 is 3.35. The summed E-state index contributed by atoms with van der Waals surface area (Å²) in [7, 11) is 0. The van der Waals surface area contributed by atoms with E-state index in [9.17, 15) is 4.79 Å². The molecule has 0 atom stereocenters. The fourth-order valence-corrected chi connectivity index (χ4v) is 1.84. The molecule has 0 aromatic heterocycles. The Morgan fingerprint density at radius 1 is 1.10 bits per heavy atom. The fraction of sp³-hybridized carbons (Fsp3) is 0. The van der Waals surface area contributed by atoms with Gasteiger partial charge in [0.2, 0.25) is 0 Å². The summed E-state index contributed by atoms with van der Waals surface area (Å²) in [5.74, 6) is 0.0840. The minimum Gasteiger partial charge on any atom is -0.477 e. The molecule has 2 rings (SSSR count). The molecular formula is C16H10BrNO3. The van der Waals surface area contributed by atoms with E-state index >= 15 is 0 Å². The second-order valence-electron chi connectivity index (χ2n) is 4.10. The van der Waals surface area contributed by atoms with Crippen molar-refractivity contribution in [1.29, 1.82) is 5.26 Å². The molecule has 0 fully saturated rings. The number of rotatable bonds is 4. The molecule has 5 heteroatoms. The zero-order chi connectivity index (χ0) is 15.2. The normalized spacial score (nSPS) is 10.8. The maximum Gasteiger partial charge on any atom is 0.346 e. The summed E-state index contributed by atoms with van der Waals surface area (Å²) in [5.41, 5.74) is 0.314. The number of hydrogen-bond donors (Lipinski definition) is 1. The Balaban J connectivity index is 2.14. The van der Waals surface area contributed by atoms with Crippen LogP contribution < -0.4 is 4.74 Å². The summed E-state index contributed by atoms with van der Waals surface area (Å²) in [6.07, 6.45) is 1.31. The van der Waals surface area contributed by atoms with Crippen molar-refractivity contribution in [2.45, 2.75) is 0 Å². The van der Waals surface area contributed by atoms with Crippen molar-refractivity contribution < 1.29 is 14.6 Å². The molecule has 1 N–H and O–H groups in total. The van der Waals surface area contributed by atoms with Gasteiger partial charge in [-0.15, -0.1) is 0 Å². The molecule has 0 saturated carbocycles. The van der Waals surface area contributed by atoms with Crippen LogP contribution in [0, 0.1) is 11.3 Å². The van der Waals surface area contributed by atoms with Crippen LogP contribution in [-0.2, 0) is 4.79 Å². The molecular weight excluding hydrogens is 334 g/mol. The third-order valence-corrected chi connectivity index (χ3v) is 3.12. The lowest BCUT2D eigenvalue weighted by Gasteiger charge is -2.06. The molecule has 104 valence electrons. The predicted molar refractivity (Wildman–Crippen MR) is 81.9 cm³/mol. The van der Waals surface area contributed by atoms with Crippen LogP contribution in [0.3, 0.4) is 0 Å². The SMILES string of the molecule is N#CC(=Cc1ccc(Oc2ccc(Br)cc2)cc1)C(=O)O. The van der Waals surface area contributed by atoms with Gasteiger partial charge >= 0.3 is 5.97 Å². The van der Waals surface area contributed by atoms with Crippen LogP contribution in [0.5, 0.6) is 11.5 Å². The Labute approximate surface area is 130 Å². The van der Waals surface area contributed by atoms with Crippen LogP contribution in [0.15, 0.2) is 58.6 Å². The molecule has 0 saturated heterocycles. The number of halogens is 1. The molecule has 21 heavy (non-hydrogen) atoms. The number of nitriles is 1. The number of hydrogen-bond acceptors (Lipinski definition) is 3. The van der Waals surface area contributed by atoms with Crippen LogP contribution in [0.25, 0.3) is 6.08 Å². The average Bonchev–Trinajstić information content (AvgIpc) is 2.48. The van der Waals surface area contributed by atoms with Crippen molar-refractivity contribution in [3.8, 4) is 17.6 Å². The maximum absolute atomic E-state index is 10.8. The highest BCUT2D eigenvalue weighted by Crippen LogP contribution is 2.23. The van der Waals surface area contributed by atoms with Crippen LogP contribution in [0.2, 0.25) is 0 Å². The molecule has 4 nitrogen and oxygen atoms in total. The van der Waals surface area contributed by atoms with E-state index in [1.54, 1.807) is 30.3 Å². The number of nitrogens with zero attached hydrogens (tertiary/aromatic N) is 1. The van der Waals surface area contributed by atoms with E-state index in [-0.39, 0.29) is 5.57 Å². The second-order valence-corrected chi connectivity index (χ2v) is 5.02. The first-order valence-electron chi connectivity index (χ1n) is 5.97. The molecule has 0 spiro atoms. The standard InChI is InChI=1S/C16H10BrNO3/c17-13-3-7-15(8-4-13)21-14-5-1-11(2-6-14)9-12(10-18)16(19)20/h1-9H,(H,19,20). The van der Waals surface area contributed by atoms with Crippen molar-refractivity contribution in [3.63, 3.8) is 0 Å². The van der Waals surface area contributed by atoms with E-state index in [2.05, 4.69) is 15.9 Å². The summed E-state index contributed by atoms with van der Waals surface area (Å²) in [6, 6.07) is 15.8. The molecule has 0 unspecified atom stereocenters. The highest BCUT2D eigenvalue weighted by molar-refractivity contribution is 9.10. The number of carboxylic acids is 1. The summed E-state index contributed by atoms with van der Waals surface area (Å²) in [5, 5.41) is 17.5. The third-order valence-electron chi connectivity index (χ3n) is 2.59. The quantitative estimate of drug-likeness (QED) is 0.665. The Kier molecular flexibility index (Phi) is 4.75. The number of ether oxygens (including phenoxy) is 1. The van der Waals surface area contributed by atoms with Crippen LogP contribution in [-0.4, -0.2) is 11.1 Å². The van der Waals surface area contributed by atoms with Crippen molar-refractivity contribution in [2.24, 2.45) is 0 Å². The number of carbonyl (C=O) groups is 1. The molecule has 0 aliphatic heterocycles. The maximum atomic E-state index is 10.8. The largest absolute Gasteiger partial charge is 0.477 e. The van der Waals surface area contributed by atoms with Gasteiger partial charge in [0.1, 0.15) is 23.1 Å². The monoisotopic (exact) mass is 343 g/mol. The topological polar surface area (TPSA) is 70.3 Å². The molecule has 0 aliphatic carbocycles. The van der Waals surface area contributed by atoms with Gasteiger partial charge in [0.15, 0.2) is 0 Å². The second kappa shape index (κ2) is 6.73. The minimum absolute atomic E-state index is 0.309. The Hall–Kier alpha value is -2.58. The van der Waals surface area contributed by atoms with Gasteiger partial charge in [-0.2, -0.15) is 5.26 Å². The average molecular weight is 344 g/mol. The van der Waals surface area contributed by atoms with Gasteiger partial charge in [0, 0.05) is 4.47 Å². The van der Waals surface area contributed by atoms with E-state index in [1.165, 1.54) is 6.08 Å². The smallest absolute Gasteiger partial charge is 0.346 e. The van der Waals surface area contributed by atoms with Gasteiger partial charge in [-0.3, -0.25) is 0 Å². The van der Waals surface area contributed by atoms with Gasteiger partial charge < -0.3 is 9.84 Å². The van der Waals surface area contributed by atoms with Crippen LogP contribution in [0.4, 0.5) is 0 Å². The van der Waals surface area contributed by atoms with Crippen molar-refractivity contribution in [3.05, 3.63) is 64.1 Å². The predicted octanol–water partition coefficient (Wildman–Crippen LogP) is 4.23. The Morgan fingerprint density at radius 2 is 1.62 bits per heavy atom. The van der Waals surface area contributed by atoms with Gasteiger partial charge in [-0.1, -0.05) is 28.1 Å². The van der Waals surface area contributed by atoms with Gasteiger partial charge in [0.05, 0.1) is 0 Å². The lowest BCUT2D eigenvalue weighted by atomic mass is 10.1. The molecule has 0 heterocycles. The molecule has 0 radical (unpaired) electrons. The number of benzene rings is 2. The molecule has 2 aromatic rings. The van der Waals surface area contributed by atoms with Crippen LogP contribution in [0.1, 0.15) is 5.56 Å². The molecule has 2 aromatic carbocycles. The molecule has 0 aliphatic rings. The zero-order valence-corrected chi connectivity index (χ0v) is 12.4.